The Hall–Kier alpha value is -0.711. The summed E-state index contributed by atoms with van der Waals surface area (Å²) in [4.78, 5) is 0. The van der Waals surface area contributed by atoms with Gasteiger partial charge in [0.2, 0.25) is 0 Å². The molecular formula is C7H5BrN4Se. The molecule has 0 amide bonds. The molecule has 2 rings (SSSR count). The maximum atomic E-state index is 3.90. The standard InChI is InChI=1S/C7H5BrN4Se/c8-5-1-3-6(4-2-5)13-7-9-11-12-10-7/h1-4H,(H,9,10,11,12). The molecule has 0 spiro atoms. The van der Waals surface area contributed by atoms with E-state index in [1.165, 1.54) is 4.46 Å². The molecule has 1 heterocycles. The number of aromatic amines is 1. The summed E-state index contributed by atoms with van der Waals surface area (Å²) in [5.41, 5.74) is 0. The molecule has 0 unspecified atom stereocenters. The Labute approximate surface area is 89.4 Å². The molecule has 1 aromatic heterocycles. The number of H-pyrrole nitrogens is 1. The van der Waals surface area contributed by atoms with E-state index in [1.54, 1.807) is 0 Å². The van der Waals surface area contributed by atoms with E-state index >= 15 is 0 Å². The van der Waals surface area contributed by atoms with Crippen molar-refractivity contribution in [2.75, 3.05) is 0 Å². The maximum absolute atomic E-state index is 3.90. The summed E-state index contributed by atoms with van der Waals surface area (Å²) in [6, 6.07) is 8.13. The monoisotopic (exact) mass is 304 g/mol. The zero-order valence-electron chi connectivity index (χ0n) is 6.44. The number of hydrogen-bond acceptors (Lipinski definition) is 3. The van der Waals surface area contributed by atoms with Gasteiger partial charge in [-0.05, 0) is 0 Å². The number of nitrogens with zero attached hydrogens (tertiary/aromatic N) is 3. The van der Waals surface area contributed by atoms with Gasteiger partial charge < -0.3 is 0 Å². The molecule has 0 aliphatic heterocycles. The number of aromatic nitrogens is 4. The van der Waals surface area contributed by atoms with Crippen molar-refractivity contribution in [1.29, 1.82) is 0 Å². The number of nitrogens with one attached hydrogen (secondary N) is 1. The molecule has 6 heteroatoms. The van der Waals surface area contributed by atoms with Crippen LogP contribution in [0.3, 0.4) is 0 Å². The van der Waals surface area contributed by atoms with Crippen LogP contribution in [0.4, 0.5) is 0 Å². The third-order valence-electron chi connectivity index (χ3n) is 1.35. The van der Waals surface area contributed by atoms with Crippen molar-refractivity contribution in [2.24, 2.45) is 0 Å². The molecule has 66 valence electrons. The molecule has 1 aromatic carbocycles. The van der Waals surface area contributed by atoms with Gasteiger partial charge in [0.25, 0.3) is 0 Å². The number of rotatable bonds is 2. The topological polar surface area (TPSA) is 54.5 Å². The van der Waals surface area contributed by atoms with Crippen LogP contribution < -0.4 is 9.18 Å². The second kappa shape index (κ2) is 4.00. The second-order valence-corrected chi connectivity index (χ2v) is 5.35. The summed E-state index contributed by atoms with van der Waals surface area (Å²) in [7, 11) is 0. The van der Waals surface area contributed by atoms with E-state index in [1.807, 2.05) is 12.1 Å². The van der Waals surface area contributed by atoms with Gasteiger partial charge in [0, 0.05) is 0 Å². The molecular weight excluding hydrogens is 299 g/mol. The normalized spacial score (nSPS) is 10.2. The van der Waals surface area contributed by atoms with Crippen molar-refractivity contribution in [1.82, 2.24) is 20.6 Å². The molecule has 2 aromatic rings. The summed E-state index contributed by atoms with van der Waals surface area (Å²) in [5.74, 6) is 0. The third-order valence-corrected chi connectivity index (χ3v) is 3.69. The minimum atomic E-state index is 0.147. The molecule has 0 aliphatic carbocycles. The van der Waals surface area contributed by atoms with Gasteiger partial charge in [-0.25, -0.2) is 0 Å². The van der Waals surface area contributed by atoms with E-state index < -0.39 is 0 Å². The predicted octanol–water partition coefficient (Wildman–Crippen LogP) is -0.383. The first-order valence-electron chi connectivity index (χ1n) is 3.51. The van der Waals surface area contributed by atoms with Gasteiger partial charge in [-0.2, -0.15) is 0 Å². The van der Waals surface area contributed by atoms with Gasteiger partial charge in [0.1, 0.15) is 0 Å². The van der Waals surface area contributed by atoms with E-state index in [4.69, 9.17) is 0 Å². The SMILES string of the molecule is Brc1ccc([Se]c2nn[nH]n2)cc1. The minimum absolute atomic E-state index is 0.147. The van der Waals surface area contributed by atoms with Gasteiger partial charge in [-0.3, -0.25) is 0 Å². The first-order valence-corrected chi connectivity index (χ1v) is 6.02. The average molecular weight is 304 g/mol. The van der Waals surface area contributed by atoms with Crippen LogP contribution in [0.25, 0.3) is 0 Å². The van der Waals surface area contributed by atoms with Crippen LogP contribution in [0.15, 0.2) is 28.7 Å². The quantitative estimate of drug-likeness (QED) is 0.770. The molecule has 0 bridgehead atoms. The number of benzene rings is 1. The molecule has 13 heavy (non-hydrogen) atoms. The van der Waals surface area contributed by atoms with Gasteiger partial charge >= 0.3 is 89.4 Å². The van der Waals surface area contributed by atoms with E-state index in [9.17, 15) is 0 Å². The van der Waals surface area contributed by atoms with Crippen molar-refractivity contribution < 1.29 is 0 Å². The molecule has 1 N–H and O–H groups in total. The van der Waals surface area contributed by atoms with Gasteiger partial charge in [-0.1, -0.05) is 0 Å². The molecule has 0 saturated heterocycles. The summed E-state index contributed by atoms with van der Waals surface area (Å²) in [5, 5.41) is 13.7. The second-order valence-electron chi connectivity index (χ2n) is 2.25. The zero-order chi connectivity index (χ0) is 9.10. The van der Waals surface area contributed by atoms with E-state index in [-0.39, 0.29) is 15.0 Å². The Bertz CT molecular complexity index is 372. The Balaban J connectivity index is 2.15. The van der Waals surface area contributed by atoms with E-state index in [0.717, 1.165) is 9.20 Å². The van der Waals surface area contributed by atoms with Gasteiger partial charge in [-0.15, -0.1) is 0 Å². The molecule has 4 nitrogen and oxygen atoms in total. The van der Waals surface area contributed by atoms with E-state index in [0.29, 0.717) is 0 Å². The first kappa shape index (κ1) is 8.87. The summed E-state index contributed by atoms with van der Waals surface area (Å²) in [6.07, 6.45) is 0. The van der Waals surface area contributed by atoms with Crippen molar-refractivity contribution in [2.45, 2.75) is 0 Å². The number of hydrogen-bond donors (Lipinski definition) is 1. The van der Waals surface area contributed by atoms with Crippen LogP contribution >= 0.6 is 15.9 Å². The van der Waals surface area contributed by atoms with Crippen LogP contribution in [0.5, 0.6) is 0 Å². The average Bonchev–Trinajstić information content (AvgIpc) is 2.62. The third kappa shape index (κ3) is 2.37. The fraction of sp³-hybridized carbons (Fsp3) is 0. The van der Waals surface area contributed by atoms with Crippen molar-refractivity contribution in [3.8, 4) is 0 Å². The summed E-state index contributed by atoms with van der Waals surface area (Å²) >= 11 is 3.53. The van der Waals surface area contributed by atoms with Crippen molar-refractivity contribution in [3.05, 3.63) is 28.7 Å². The summed E-state index contributed by atoms with van der Waals surface area (Å²) in [6.45, 7) is 0. The fourth-order valence-electron chi connectivity index (χ4n) is 0.804. The Morgan fingerprint density at radius 3 is 2.62 bits per heavy atom. The Morgan fingerprint density at radius 1 is 1.23 bits per heavy atom. The molecule has 0 atom stereocenters. The molecule has 0 aliphatic rings. The van der Waals surface area contributed by atoms with Crippen LogP contribution in [0.1, 0.15) is 0 Å². The Morgan fingerprint density at radius 2 is 2.00 bits per heavy atom. The van der Waals surface area contributed by atoms with Crippen molar-refractivity contribution in [3.63, 3.8) is 0 Å². The summed E-state index contributed by atoms with van der Waals surface area (Å²) < 4.78 is 3.09. The molecule has 0 fully saturated rings. The van der Waals surface area contributed by atoms with Gasteiger partial charge in [0.15, 0.2) is 0 Å². The zero-order valence-corrected chi connectivity index (χ0v) is 9.74. The van der Waals surface area contributed by atoms with Crippen LogP contribution in [0, 0.1) is 0 Å². The molecule has 0 saturated carbocycles. The van der Waals surface area contributed by atoms with Crippen molar-refractivity contribution >= 4 is 40.1 Å². The fourth-order valence-corrected chi connectivity index (χ4v) is 2.43. The number of halogens is 1. The molecule has 0 radical (unpaired) electrons. The first-order chi connectivity index (χ1) is 6.34. The van der Waals surface area contributed by atoms with Crippen LogP contribution in [-0.2, 0) is 0 Å². The van der Waals surface area contributed by atoms with Gasteiger partial charge in [0.05, 0.1) is 0 Å². The predicted molar refractivity (Wildman–Crippen MR) is 53.3 cm³/mol. The van der Waals surface area contributed by atoms with Crippen LogP contribution in [0.2, 0.25) is 0 Å². The Kier molecular flexibility index (Phi) is 2.73. The van der Waals surface area contributed by atoms with Crippen LogP contribution in [-0.4, -0.2) is 35.6 Å². The number of tetrazole rings is 1. The van der Waals surface area contributed by atoms with E-state index in [2.05, 4.69) is 48.7 Å².